The van der Waals surface area contributed by atoms with Crippen molar-refractivity contribution in [3.8, 4) is 0 Å². The number of aliphatic imine (C=N–C) groups is 1. The fourth-order valence-corrected chi connectivity index (χ4v) is 5.84. The summed E-state index contributed by atoms with van der Waals surface area (Å²) in [5, 5.41) is 6.96. The average molecular weight is 523 g/mol. The normalized spacial score (nSPS) is 21.7. The molecular formula is C31H43ClN4O. The highest BCUT2D eigenvalue weighted by Gasteiger charge is 2.31. The van der Waals surface area contributed by atoms with Gasteiger partial charge >= 0.3 is 0 Å². The zero-order chi connectivity index (χ0) is 26.4. The van der Waals surface area contributed by atoms with Crippen LogP contribution in [0.1, 0.15) is 59.8 Å². The Kier molecular flexibility index (Phi) is 9.55. The highest BCUT2D eigenvalue weighted by molar-refractivity contribution is 6.36. The van der Waals surface area contributed by atoms with E-state index in [0.29, 0.717) is 12.1 Å². The van der Waals surface area contributed by atoms with Gasteiger partial charge < -0.3 is 19.9 Å². The molecule has 2 heterocycles. The highest BCUT2D eigenvalue weighted by atomic mass is 35.5. The number of piperazine rings is 1. The Morgan fingerprint density at radius 2 is 1.81 bits per heavy atom. The van der Waals surface area contributed by atoms with Crippen molar-refractivity contribution >= 4 is 33.9 Å². The molecule has 5 nitrogen and oxygen atoms in total. The van der Waals surface area contributed by atoms with E-state index < -0.39 is 0 Å². The minimum Gasteiger partial charge on any atom is -0.481 e. The van der Waals surface area contributed by atoms with Gasteiger partial charge in [0, 0.05) is 49.3 Å². The molecule has 0 aromatic heterocycles. The number of hydrogen-bond acceptors (Lipinski definition) is 4. The smallest absolute Gasteiger partial charge is 0.210 e. The summed E-state index contributed by atoms with van der Waals surface area (Å²) in [6.45, 7) is 12.7. The van der Waals surface area contributed by atoms with E-state index >= 15 is 0 Å². The second kappa shape index (κ2) is 12.8. The zero-order valence-electron chi connectivity index (χ0n) is 23.2. The molecule has 0 aliphatic carbocycles. The van der Waals surface area contributed by atoms with Gasteiger partial charge in [-0.15, -0.1) is 0 Å². The first-order valence-corrected chi connectivity index (χ1v) is 14.3. The van der Waals surface area contributed by atoms with Crippen molar-refractivity contribution < 1.29 is 4.74 Å². The minimum atomic E-state index is 0.466. The Morgan fingerprint density at radius 3 is 2.43 bits per heavy atom. The molecule has 1 N–H and O–H groups in total. The van der Waals surface area contributed by atoms with Gasteiger partial charge in [0.1, 0.15) is 5.84 Å². The second-order valence-corrected chi connectivity index (χ2v) is 10.7. The largest absolute Gasteiger partial charge is 0.481 e. The van der Waals surface area contributed by atoms with Gasteiger partial charge in [0.25, 0.3) is 0 Å². The molecule has 200 valence electrons. The van der Waals surface area contributed by atoms with Crippen molar-refractivity contribution in [3.05, 3.63) is 64.5 Å². The van der Waals surface area contributed by atoms with Crippen LogP contribution in [-0.4, -0.2) is 56.1 Å². The van der Waals surface area contributed by atoms with Crippen LogP contribution in [0.3, 0.4) is 0 Å². The molecule has 1 fully saturated rings. The molecule has 2 unspecified atom stereocenters. The van der Waals surface area contributed by atoms with E-state index in [2.05, 4.69) is 73.2 Å². The van der Waals surface area contributed by atoms with Crippen LogP contribution in [0.4, 0.5) is 5.69 Å². The summed E-state index contributed by atoms with van der Waals surface area (Å²) in [4.78, 5) is 10.2. The van der Waals surface area contributed by atoms with Gasteiger partial charge in [-0.1, -0.05) is 63.1 Å². The van der Waals surface area contributed by atoms with E-state index in [0.717, 1.165) is 80.4 Å². The summed E-state index contributed by atoms with van der Waals surface area (Å²) in [6, 6.07) is 13.6. The number of nitrogens with zero attached hydrogens (tertiary/aromatic N) is 3. The van der Waals surface area contributed by atoms with Crippen LogP contribution in [-0.2, 0) is 4.74 Å². The number of fused-ring (bicyclic) bond motifs is 1. The van der Waals surface area contributed by atoms with E-state index in [1.807, 2.05) is 12.1 Å². The van der Waals surface area contributed by atoms with Crippen LogP contribution in [0, 0.1) is 0 Å². The van der Waals surface area contributed by atoms with E-state index in [4.69, 9.17) is 21.3 Å². The number of allylic oxidation sites excluding steroid dienone is 1. The Balaban J connectivity index is 1.71. The van der Waals surface area contributed by atoms with Gasteiger partial charge in [0.15, 0.2) is 0 Å². The first kappa shape index (κ1) is 27.5. The molecule has 0 bridgehead atoms. The molecule has 0 amide bonds. The molecule has 2 aliphatic heterocycles. The van der Waals surface area contributed by atoms with E-state index in [1.165, 1.54) is 22.2 Å². The number of amidine groups is 1. The topological polar surface area (TPSA) is 40.1 Å². The number of hydrogen-bond donors (Lipinski definition) is 1. The Labute approximate surface area is 228 Å². The lowest BCUT2D eigenvalue weighted by atomic mass is 9.96. The lowest BCUT2D eigenvalue weighted by Gasteiger charge is -2.42. The van der Waals surface area contributed by atoms with Gasteiger partial charge in [-0.05, 0) is 67.3 Å². The average Bonchev–Trinajstić information content (AvgIpc) is 2.93. The van der Waals surface area contributed by atoms with Gasteiger partial charge in [-0.25, -0.2) is 0 Å². The Hall–Kier alpha value is -2.50. The van der Waals surface area contributed by atoms with Crippen molar-refractivity contribution in [2.45, 2.75) is 71.9 Å². The molecule has 0 radical (unpaired) electrons. The molecule has 2 aliphatic rings. The molecule has 6 heteroatoms. The van der Waals surface area contributed by atoms with Crippen LogP contribution in [0.2, 0.25) is 5.02 Å². The molecule has 2 atom stereocenters. The Morgan fingerprint density at radius 1 is 1.11 bits per heavy atom. The van der Waals surface area contributed by atoms with Gasteiger partial charge in [-0.3, -0.25) is 0 Å². The minimum absolute atomic E-state index is 0.466. The molecular weight excluding hydrogens is 480 g/mol. The highest BCUT2D eigenvalue weighted by Crippen LogP contribution is 2.35. The molecule has 1 saturated heterocycles. The zero-order valence-corrected chi connectivity index (χ0v) is 23.9. The number of methoxy groups -OCH3 is 1. The Bertz CT molecular complexity index is 1150. The predicted molar refractivity (Wildman–Crippen MR) is 159 cm³/mol. The van der Waals surface area contributed by atoms with Gasteiger partial charge in [-0.2, -0.15) is 4.99 Å². The summed E-state index contributed by atoms with van der Waals surface area (Å²) >= 11 is 6.68. The maximum absolute atomic E-state index is 6.68. The quantitative estimate of drug-likeness (QED) is 0.226. The third-order valence-electron chi connectivity index (χ3n) is 7.69. The summed E-state index contributed by atoms with van der Waals surface area (Å²) in [7, 11) is 1.73. The van der Waals surface area contributed by atoms with Crippen LogP contribution in [0.15, 0.2) is 64.5 Å². The van der Waals surface area contributed by atoms with Crippen molar-refractivity contribution in [1.82, 2.24) is 10.2 Å². The SMILES string of the molecule is CCC/C=C(/N=C(\C1=C(C)CN(c2cccc3cccc(Cl)c23)CC1)N1CC(CC)NC(CC)C1)OC. The molecule has 4 rings (SSSR count). The van der Waals surface area contributed by atoms with Crippen LogP contribution < -0.4 is 10.2 Å². The van der Waals surface area contributed by atoms with Crippen molar-refractivity contribution in [2.75, 3.05) is 38.2 Å². The van der Waals surface area contributed by atoms with Crippen LogP contribution in [0.5, 0.6) is 0 Å². The third-order valence-corrected chi connectivity index (χ3v) is 8.00. The number of nitrogens with one attached hydrogen (secondary N) is 1. The second-order valence-electron chi connectivity index (χ2n) is 10.3. The van der Waals surface area contributed by atoms with E-state index in [1.54, 1.807) is 7.11 Å². The molecule has 0 spiro atoms. The van der Waals surface area contributed by atoms with Gasteiger partial charge in [0.05, 0.1) is 12.1 Å². The lowest BCUT2D eigenvalue weighted by molar-refractivity contribution is 0.224. The van der Waals surface area contributed by atoms with Crippen LogP contribution >= 0.6 is 11.6 Å². The predicted octanol–water partition coefficient (Wildman–Crippen LogP) is 7.17. The summed E-state index contributed by atoms with van der Waals surface area (Å²) in [5.41, 5.74) is 3.92. The summed E-state index contributed by atoms with van der Waals surface area (Å²) < 4.78 is 5.74. The number of anilines is 1. The number of ether oxygens (including phenoxy) is 1. The van der Waals surface area contributed by atoms with E-state index in [-0.39, 0.29) is 0 Å². The maximum Gasteiger partial charge on any atom is 0.210 e. The molecule has 2 aromatic carbocycles. The summed E-state index contributed by atoms with van der Waals surface area (Å²) in [6.07, 6.45) is 7.32. The lowest BCUT2D eigenvalue weighted by Crippen LogP contribution is -2.58. The number of unbranched alkanes of at least 4 members (excludes halogenated alkanes) is 1. The number of halogens is 1. The van der Waals surface area contributed by atoms with Crippen molar-refractivity contribution in [3.63, 3.8) is 0 Å². The first-order chi connectivity index (χ1) is 18.0. The fourth-order valence-electron chi connectivity index (χ4n) is 5.56. The van der Waals surface area contributed by atoms with Crippen LogP contribution in [0.25, 0.3) is 10.8 Å². The monoisotopic (exact) mass is 522 g/mol. The van der Waals surface area contributed by atoms with Crippen molar-refractivity contribution in [2.24, 2.45) is 4.99 Å². The molecule has 0 saturated carbocycles. The number of rotatable bonds is 8. The van der Waals surface area contributed by atoms with Gasteiger partial charge in [0.2, 0.25) is 5.88 Å². The van der Waals surface area contributed by atoms with E-state index in [9.17, 15) is 0 Å². The fraction of sp³-hybridized carbons (Fsp3) is 0.516. The molecule has 2 aromatic rings. The number of benzene rings is 2. The maximum atomic E-state index is 6.68. The third kappa shape index (κ3) is 6.32. The van der Waals surface area contributed by atoms with Crippen molar-refractivity contribution in [1.29, 1.82) is 0 Å². The molecule has 37 heavy (non-hydrogen) atoms. The first-order valence-electron chi connectivity index (χ1n) is 13.9. The summed E-state index contributed by atoms with van der Waals surface area (Å²) in [5.74, 6) is 1.82. The standard InChI is InChI=1S/C31H43ClN4O/c1-6-9-16-29(37-5)34-31(36-20-24(7-2)33-25(8-3)21-36)26-17-18-35(19-22(26)4)28-15-11-13-23-12-10-14-27(32)30(23)28/h10-16,24-25,33H,6-9,17-21H2,1-5H3/b29-16-,34-31+.